The maximum Gasteiger partial charge on any atom is 0.151 e. The van der Waals surface area contributed by atoms with Crippen molar-refractivity contribution >= 4 is 38.0 Å². The molecule has 0 saturated heterocycles. The number of fused-ring (bicyclic) bond motifs is 5. The van der Waals surface area contributed by atoms with Gasteiger partial charge < -0.3 is 23.4 Å². The molecule has 0 aliphatic carbocycles. The molecule has 1 unspecified atom stereocenters. The molecule has 1 atom stereocenters. The molecule has 0 fully saturated rings. The lowest BCUT2D eigenvalue weighted by Gasteiger charge is -2.43. The first-order chi connectivity index (χ1) is 20.0. The highest BCUT2D eigenvalue weighted by molar-refractivity contribution is 8.30. The summed E-state index contributed by atoms with van der Waals surface area (Å²) in [6.45, 7) is 11.1. The lowest BCUT2D eigenvalue weighted by atomic mass is 9.93. The second-order valence-corrected chi connectivity index (χ2v) is 17.4. The van der Waals surface area contributed by atoms with E-state index in [0.717, 1.165) is 54.2 Å². The highest BCUT2D eigenvalue weighted by Crippen LogP contribution is 2.56. The summed E-state index contributed by atoms with van der Waals surface area (Å²) in [5.41, 5.74) is 4.69. The van der Waals surface area contributed by atoms with Crippen molar-refractivity contribution in [1.29, 1.82) is 0 Å². The standard InChI is InChI=1S/C35H43NO4S2/c1-24-10-16-29-31(22-24)41-34-28-17-15-27(40-42(6,7)35(2,3)4)23-30(28)39-33(32(29)34)25-11-13-26(14-12-25)38-21-19-36(5)18-8-9-20-37/h10-17,20,22-23,33H,8-9,18-19,21H2,1-7H3. The molecule has 224 valence electrons. The van der Waals surface area contributed by atoms with Gasteiger partial charge in [0.15, 0.2) is 6.10 Å². The molecule has 1 aromatic heterocycles. The minimum absolute atomic E-state index is 0.0540. The van der Waals surface area contributed by atoms with Gasteiger partial charge in [-0.1, -0.05) is 34.6 Å². The molecule has 0 amide bonds. The van der Waals surface area contributed by atoms with Gasteiger partial charge in [-0.15, -0.1) is 11.3 Å². The third kappa shape index (κ3) is 6.48. The number of likely N-dealkylation sites (N-methyl/N-ethyl adjacent to an activating group) is 1. The molecule has 0 radical (unpaired) electrons. The Bertz CT molecular complexity index is 1550. The molecule has 0 spiro atoms. The zero-order valence-electron chi connectivity index (χ0n) is 25.9. The van der Waals surface area contributed by atoms with E-state index in [1.165, 1.54) is 26.1 Å². The summed E-state index contributed by atoms with van der Waals surface area (Å²) in [4.78, 5) is 14.0. The number of ether oxygens (including phenoxy) is 2. The molecule has 7 heteroatoms. The fourth-order valence-electron chi connectivity index (χ4n) is 4.92. The van der Waals surface area contributed by atoms with Crippen LogP contribution in [0, 0.1) is 6.92 Å². The van der Waals surface area contributed by atoms with E-state index in [-0.39, 0.29) is 10.9 Å². The first-order valence-electron chi connectivity index (χ1n) is 14.6. The second kappa shape index (κ2) is 12.3. The summed E-state index contributed by atoms with van der Waals surface area (Å²) in [6, 6.07) is 21.3. The number of nitrogens with zero attached hydrogens (tertiary/aromatic N) is 1. The Morgan fingerprint density at radius 2 is 1.74 bits per heavy atom. The van der Waals surface area contributed by atoms with E-state index in [4.69, 9.17) is 13.7 Å². The smallest absolute Gasteiger partial charge is 0.151 e. The first kappa shape index (κ1) is 30.5. The van der Waals surface area contributed by atoms with Crippen molar-refractivity contribution in [3.8, 4) is 27.7 Å². The van der Waals surface area contributed by atoms with E-state index < -0.39 is 10.3 Å². The molecule has 1 aliphatic heterocycles. The normalized spacial score (nSPS) is 15.2. The van der Waals surface area contributed by atoms with E-state index in [9.17, 15) is 4.79 Å². The summed E-state index contributed by atoms with van der Waals surface area (Å²) in [7, 11) is 0.720. The van der Waals surface area contributed by atoms with Crippen LogP contribution in [0.15, 0.2) is 60.7 Å². The van der Waals surface area contributed by atoms with Crippen LogP contribution in [0.4, 0.5) is 0 Å². The lowest BCUT2D eigenvalue weighted by molar-refractivity contribution is -0.108. The largest absolute Gasteiger partial charge is 0.492 e. The minimum atomic E-state index is -1.34. The van der Waals surface area contributed by atoms with Crippen LogP contribution >= 0.6 is 21.6 Å². The van der Waals surface area contributed by atoms with Gasteiger partial charge in [-0.05, 0) is 102 Å². The average Bonchev–Trinajstić information content (AvgIpc) is 3.31. The number of carbonyl (C=O) groups excluding carboxylic acids is 1. The topological polar surface area (TPSA) is 48.0 Å². The van der Waals surface area contributed by atoms with Crippen LogP contribution < -0.4 is 13.7 Å². The Hall–Kier alpha value is -3.00. The highest BCUT2D eigenvalue weighted by Gasteiger charge is 2.34. The number of rotatable bonds is 11. The van der Waals surface area contributed by atoms with Crippen molar-refractivity contribution in [3.63, 3.8) is 0 Å². The van der Waals surface area contributed by atoms with E-state index >= 15 is 0 Å². The maximum atomic E-state index is 10.6. The molecule has 0 N–H and O–H groups in total. The van der Waals surface area contributed by atoms with Crippen molar-refractivity contribution < 1.29 is 18.5 Å². The summed E-state index contributed by atoms with van der Waals surface area (Å²) in [5, 5.41) is 1.24. The van der Waals surface area contributed by atoms with Gasteiger partial charge in [0.25, 0.3) is 0 Å². The Labute approximate surface area is 256 Å². The molecule has 5 nitrogen and oxygen atoms in total. The monoisotopic (exact) mass is 605 g/mol. The van der Waals surface area contributed by atoms with Gasteiger partial charge in [0.05, 0.1) is 0 Å². The van der Waals surface area contributed by atoms with E-state index in [1.807, 2.05) is 23.5 Å². The van der Waals surface area contributed by atoms with Crippen molar-refractivity contribution in [1.82, 2.24) is 4.90 Å². The third-order valence-electron chi connectivity index (χ3n) is 8.15. The number of hydrogen-bond acceptors (Lipinski definition) is 6. The van der Waals surface area contributed by atoms with Crippen LogP contribution in [0.2, 0.25) is 0 Å². The SMILES string of the molecule is Cc1ccc2c3c(sc2c1)-c1ccc(OS(C)(C)C(C)(C)C)cc1OC3c1ccc(OCCN(C)CCCC=O)cc1. The van der Waals surface area contributed by atoms with Crippen LogP contribution in [-0.4, -0.2) is 55.2 Å². The number of benzene rings is 3. The van der Waals surface area contributed by atoms with Gasteiger partial charge in [-0.3, -0.25) is 0 Å². The number of aldehydes is 1. The Kier molecular flexibility index (Phi) is 8.93. The van der Waals surface area contributed by atoms with Crippen LogP contribution in [0.1, 0.15) is 56.4 Å². The fraction of sp³-hybridized carbons (Fsp3) is 0.400. The van der Waals surface area contributed by atoms with E-state index in [1.54, 1.807) is 0 Å². The number of aryl methyl sites for hydroxylation is 1. The van der Waals surface area contributed by atoms with Crippen LogP contribution in [0.3, 0.4) is 0 Å². The van der Waals surface area contributed by atoms with Gasteiger partial charge in [0, 0.05) is 49.9 Å². The zero-order chi connectivity index (χ0) is 30.1. The van der Waals surface area contributed by atoms with Crippen molar-refractivity contribution in [2.24, 2.45) is 0 Å². The number of thiophene rings is 1. The molecule has 4 aromatic rings. The molecule has 0 bridgehead atoms. The van der Waals surface area contributed by atoms with Crippen molar-refractivity contribution in [2.45, 2.75) is 51.4 Å². The maximum absolute atomic E-state index is 10.6. The predicted octanol–water partition coefficient (Wildman–Crippen LogP) is 8.80. The van der Waals surface area contributed by atoms with E-state index in [0.29, 0.717) is 13.0 Å². The summed E-state index contributed by atoms with van der Waals surface area (Å²) in [6.07, 6.45) is 6.66. The van der Waals surface area contributed by atoms with Crippen LogP contribution in [-0.2, 0) is 4.79 Å². The predicted molar refractivity (Wildman–Crippen MR) is 179 cm³/mol. The summed E-state index contributed by atoms with van der Waals surface area (Å²) >= 11 is 1.84. The molecule has 2 heterocycles. The highest BCUT2D eigenvalue weighted by atomic mass is 32.3. The molecule has 0 saturated carbocycles. The zero-order valence-corrected chi connectivity index (χ0v) is 27.5. The number of hydrogen-bond donors (Lipinski definition) is 0. The molecular formula is C35H43NO4S2. The molecule has 1 aliphatic rings. The van der Waals surface area contributed by atoms with Gasteiger partial charge in [0.1, 0.15) is 30.1 Å². The molecular weight excluding hydrogens is 563 g/mol. The number of unbranched alkanes of at least 4 members (excludes halogenated alkanes) is 1. The van der Waals surface area contributed by atoms with Gasteiger partial charge in [-0.2, -0.15) is 0 Å². The molecule has 42 heavy (non-hydrogen) atoms. The minimum Gasteiger partial charge on any atom is -0.492 e. The fourth-order valence-corrected chi connectivity index (χ4v) is 7.12. The van der Waals surface area contributed by atoms with Gasteiger partial charge in [-0.25, -0.2) is 0 Å². The Morgan fingerprint density at radius 3 is 2.45 bits per heavy atom. The molecule has 3 aromatic carbocycles. The second-order valence-electron chi connectivity index (χ2n) is 12.5. The lowest BCUT2D eigenvalue weighted by Crippen LogP contribution is -2.27. The van der Waals surface area contributed by atoms with Crippen LogP contribution in [0.5, 0.6) is 17.2 Å². The number of carbonyl (C=O) groups is 1. The first-order valence-corrected chi connectivity index (χ1v) is 17.8. The van der Waals surface area contributed by atoms with Gasteiger partial charge in [0.2, 0.25) is 0 Å². The molecule has 5 rings (SSSR count). The third-order valence-corrected chi connectivity index (χ3v) is 12.9. The van der Waals surface area contributed by atoms with E-state index in [2.05, 4.69) is 101 Å². The summed E-state index contributed by atoms with van der Waals surface area (Å²) in [5.74, 6) is 2.54. The van der Waals surface area contributed by atoms with Crippen molar-refractivity contribution in [3.05, 3.63) is 77.4 Å². The average molecular weight is 606 g/mol. The van der Waals surface area contributed by atoms with Crippen LogP contribution in [0.25, 0.3) is 20.5 Å². The van der Waals surface area contributed by atoms with Gasteiger partial charge >= 0.3 is 0 Å². The Morgan fingerprint density at radius 1 is 1.00 bits per heavy atom. The summed E-state index contributed by atoms with van der Waals surface area (Å²) < 4.78 is 20.8. The van der Waals surface area contributed by atoms with Crippen molar-refractivity contribution in [2.75, 3.05) is 39.3 Å². The quantitative estimate of drug-likeness (QED) is 0.126. The Balaban J connectivity index is 1.42.